The first-order valence-electron chi connectivity index (χ1n) is 6.45. The summed E-state index contributed by atoms with van der Waals surface area (Å²) in [4.78, 5) is 14.0. The molecule has 1 heterocycles. The van der Waals surface area contributed by atoms with Gasteiger partial charge in [-0.3, -0.25) is 4.79 Å². The molecule has 16 heavy (non-hydrogen) atoms. The summed E-state index contributed by atoms with van der Waals surface area (Å²) in [5, 5.41) is 3.26. The normalized spacial score (nSPS) is 22.2. The van der Waals surface area contributed by atoms with Crippen molar-refractivity contribution in [3.63, 3.8) is 0 Å². The van der Waals surface area contributed by atoms with Crippen LogP contribution < -0.4 is 5.32 Å². The van der Waals surface area contributed by atoms with Crippen LogP contribution in [0.5, 0.6) is 0 Å². The molecule has 0 bridgehead atoms. The Labute approximate surface area is 99.6 Å². The molecule has 0 aliphatic carbocycles. The maximum atomic E-state index is 12.0. The summed E-state index contributed by atoms with van der Waals surface area (Å²) in [5.74, 6) is 0.973. The largest absolute Gasteiger partial charge is 0.341 e. The first kappa shape index (κ1) is 13.5. The standard InChI is InChI=1S/C13H26N2O/c1-5-11-7-6-8-15(10-11)12(16)9-14-13(2,3)4/h11,14H,5-10H2,1-4H3. The van der Waals surface area contributed by atoms with Gasteiger partial charge in [0.25, 0.3) is 0 Å². The molecular weight excluding hydrogens is 200 g/mol. The first-order chi connectivity index (χ1) is 7.42. The third kappa shape index (κ3) is 4.52. The summed E-state index contributed by atoms with van der Waals surface area (Å²) >= 11 is 0. The van der Waals surface area contributed by atoms with Crippen LogP contribution in [0.15, 0.2) is 0 Å². The van der Waals surface area contributed by atoms with Crippen LogP contribution in [0, 0.1) is 5.92 Å². The monoisotopic (exact) mass is 226 g/mol. The SMILES string of the molecule is CCC1CCCN(C(=O)CNC(C)(C)C)C1. The molecule has 1 aliphatic rings. The van der Waals surface area contributed by atoms with Gasteiger partial charge in [-0.2, -0.15) is 0 Å². The van der Waals surface area contributed by atoms with E-state index in [1.165, 1.54) is 19.3 Å². The van der Waals surface area contributed by atoms with Gasteiger partial charge in [-0.25, -0.2) is 0 Å². The van der Waals surface area contributed by atoms with Crippen molar-refractivity contribution in [2.75, 3.05) is 19.6 Å². The second-order valence-electron chi connectivity index (χ2n) is 5.86. The zero-order valence-corrected chi connectivity index (χ0v) is 11.2. The molecule has 1 N–H and O–H groups in total. The smallest absolute Gasteiger partial charge is 0.236 e. The Morgan fingerprint density at radius 2 is 2.12 bits per heavy atom. The minimum absolute atomic E-state index is 0.0234. The van der Waals surface area contributed by atoms with E-state index in [1.54, 1.807) is 0 Å². The van der Waals surface area contributed by atoms with Gasteiger partial charge in [-0.15, -0.1) is 0 Å². The van der Waals surface area contributed by atoms with Gasteiger partial charge in [-0.1, -0.05) is 13.3 Å². The van der Waals surface area contributed by atoms with E-state index in [0.717, 1.165) is 13.1 Å². The summed E-state index contributed by atoms with van der Waals surface area (Å²) in [6, 6.07) is 0. The van der Waals surface area contributed by atoms with Gasteiger partial charge in [0.05, 0.1) is 6.54 Å². The van der Waals surface area contributed by atoms with Crippen molar-refractivity contribution in [3.8, 4) is 0 Å². The Kier molecular flexibility index (Phi) is 4.78. The fourth-order valence-electron chi connectivity index (χ4n) is 2.08. The molecule has 3 heteroatoms. The van der Waals surface area contributed by atoms with Crippen molar-refractivity contribution in [1.82, 2.24) is 10.2 Å². The van der Waals surface area contributed by atoms with E-state index in [9.17, 15) is 4.79 Å². The molecule has 0 saturated carbocycles. The first-order valence-corrected chi connectivity index (χ1v) is 6.45. The third-order valence-electron chi connectivity index (χ3n) is 3.22. The Hall–Kier alpha value is -0.570. The van der Waals surface area contributed by atoms with Gasteiger partial charge in [0, 0.05) is 18.6 Å². The average Bonchev–Trinajstić information content (AvgIpc) is 2.25. The molecule has 94 valence electrons. The molecule has 1 rings (SSSR count). The number of hydrogen-bond acceptors (Lipinski definition) is 2. The molecule has 0 spiro atoms. The summed E-state index contributed by atoms with van der Waals surface area (Å²) < 4.78 is 0. The van der Waals surface area contributed by atoms with E-state index >= 15 is 0 Å². The molecule has 0 aromatic rings. The number of hydrogen-bond donors (Lipinski definition) is 1. The van der Waals surface area contributed by atoms with Gasteiger partial charge >= 0.3 is 0 Å². The van der Waals surface area contributed by atoms with Crippen molar-refractivity contribution in [2.24, 2.45) is 5.92 Å². The van der Waals surface area contributed by atoms with Gasteiger partial charge in [0.2, 0.25) is 5.91 Å². The molecule has 1 atom stereocenters. The zero-order valence-electron chi connectivity index (χ0n) is 11.2. The number of carbonyl (C=O) groups excluding carboxylic acids is 1. The number of nitrogens with zero attached hydrogens (tertiary/aromatic N) is 1. The topological polar surface area (TPSA) is 32.3 Å². The molecule has 1 aliphatic heterocycles. The quantitative estimate of drug-likeness (QED) is 0.798. The van der Waals surface area contributed by atoms with Crippen LogP contribution in [0.25, 0.3) is 0 Å². The van der Waals surface area contributed by atoms with E-state index in [4.69, 9.17) is 0 Å². The lowest BCUT2D eigenvalue weighted by atomic mass is 9.95. The zero-order chi connectivity index (χ0) is 12.2. The highest BCUT2D eigenvalue weighted by atomic mass is 16.2. The minimum Gasteiger partial charge on any atom is -0.341 e. The van der Waals surface area contributed by atoms with Crippen LogP contribution in [-0.4, -0.2) is 36.0 Å². The van der Waals surface area contributed by atoms with E-state index in [1.807, 2.05) is 4.90 Å². The van der Waals surface area contributed by atoms with Crippen LogP contribution >= 0.6 is 0 Å². The molecule has 1 fully saturated rings. The molecule has 1 amide bonds. The van der Waals surface area contributed by atoms with Crippen molar-refractivity contribution in [2.45, 2.75) is 52.5 Å². The molecule has 1 saturated heterocycles. The third-order valence-corrected chi connectivity index (χ3v) is 3.22. The highest BCUT2D eigenvalue weighted by Crippen LogP contribution is 2.18. The maximum absolute atomic E-state index is 12.0. The van der Waals surface area contributed by atoms with Gasteiger partial charge in [0.1, 0.15) is 0 Å². The molecule has 0 radical (unpaired) electrons. The lowest BCUT2D eigenvalue weighted by Crippen LogP contribution is -2.47. The summed E-state index contributed by atoms with van der Waals surface area (Å²) in [6.45, 7) is 10.9. The second-order valence-corrected chi connectivity index (χ2v) is 5.86. The Bertz CT molecular complexity index is 233. The Morgan fingerprint density at radius 3 is 2.69 bits per heavy atom. The number of carbonyl (C=O) groups is 1. The van der Waals surface area contributed by atoms with E-state index < -0.39 is 0 Å². The number of amides is 1. The Balaban J connectivity index is 2.36. The lowest BCUT2D eigenvalue weighted by molar-refractivity contribution is -0.132. The predicted octanol–water partition coefficient (Wildman–Crippen LogP) is 2.02. The minimum atomic E-state index is 0.0234. The fraction of sp³-hybridized carbons (Fsp3) is 0.923. The van der Waals surface area contributed by atoms with Crippen LogP contribution in [0.3, 0.4) is 0 Å². The van der Waals surface area contributed by atoms with E-state index in [-0.39, 0.29) is 11.4 Å². The van der Waals surface area contributed by atoms with Gasteiger partial charge in [-0.05, 0) is 39.5 Å². The predicted molar refractivity (Wildman–Crippen MR) is 67.4 cm³/mol. The van der Waals surface area contributed by atoms with Crippen LogP contribution in [0.4, 0.5) is 0 Å². The number of nitrogens with one attached hydrogen (secondary N) is 1. The molecule has 0 aromatic carbocycles. The maximum Gasteiger partial charge on any atom is 0.236 e. The number of likely N-dealkylation sites (tertiary alicyclic amines) is 1. The highest BCUT2D eigenvalue weighted by molar-refractivity contribution is 5.78. The molecule has 1 unspecified atom stereocenters. The number of piperidine rings is 1. The van der Waals surface area contributed by atoms with Crippen molar-refractivity contribution in [3.05, 3.63) is 0 Å². The Morgan fingerprint density at radius 1 is 1.44 bits per heavy atom. The fourth-order valence-corrected chi connectivity index (χ4v) is 2.08. The molecule has 3 nitrogen and oxygen atoms in total. The highest BCUT2D eigenvalue weighted by Gasteiger charge is 2.23. The van der Waals surface area contributed by atoms with Crippen LogP contribution in [0.1, 0.15) is 47.0 Å². The number of rotatable bonds is 3. The lowest BCUT2D eigenvalue weighted by Gasteiger charge is -2.33. The molecular formula is C13H26N2O. The van der Waals surface area contributed by atoms with E-state index in [0.29, 0.717) is 12.5 Å². The van der Waals surface area contributed by atoms with Crippen LogP contribution in [-0.2, 0) is 4.79 Å². The van der Waals surface area contributed by atoms with Crippen molar-refractivity contribution < 1.29 is 4.79 Å². The summed E-state index contributed by atoms with van der Waals surface area (Å²) in [5.41, 5.74) is 0.0234. The summed E-state index contributed by atoms with van der Waals surface area (Å²) in [7, 11) is 0. The van der Waals surface area contributed by atoms with Crippen molar-refractivity contribution in [1.29, 1.82) is 0 Å². The van der Waals surface area contributed by atoms with Gasteiger partial charge in [0.15, 0.2) is 0 Å². The van der Waals surface area contributed by atoms with Crippen LogP contribution in [0.2, 0.25) is 0 Å². The summed E-state index contributed by atoms with van der Waals surface area (Å²) in [6.07, 6.45) is 3.64. The van der Waals surface area contributed by atoms with E-state index in [2.05, 4.69) is 33.0 Å². The van der Waals surface area contributed by atoms with Gasteiger partial charge < -0.3 is 10.2 Å². The second kappa shape index (κ2) is 5.67. The molecule has 0 aromatic heterocycles. The van der Waals surface area contributed by atoms with Crippen molar-refractivity contribution >= 4 is 5.91 Å². The average molecular weight is 226 g/mol.